The highest BCUT2D eigenvalue weighted by Crippen LogP contribution is 2.39. The van der Waals surface area contributed by atoms with E-state index < -0.39 is 0 Å². The van der Waals surface area contributed by atoms with Gasteiger partial charge in [-0.15, -0.1) is 0 Å². The van der Waals surface area contributed by atoms with Crippen molar-refractivity contribution < 1.29 is 14.0 Å². The molecule has 0 saturated heterocycles. The van der Waals surface area contributed by atoms with E-state index in [0.717, 1.165) is 24.0 Å². The van der Waals surface area contributed by atoms with Crippen LogP contribution in [-0.2, 0) is 6.54 Å². The smallest absolute Gasteiger partial charge is 0.273 e. The van der Waals surface area contributed by atoms with Gasteiger partial charge in [0.1, 0.15) is 11.7 Å². The Labute approximate surface area is 154 Å². The molecule has 136 valence electrons. The predicted octanol–water partition coefficient (Wildman–Crippen LogP) is 2.04. The second-order valence-corrected chi connectivity index (χ2v) is 6.87. The van der Waals surface area contributed by atoms with Crippen molar-refractivity contribution in [3.63, 3.8) is 0 Å². The van der Waals surface area contributed by atoms with Crippen molar-refractivity contribution in [1.82, 2.24) is 25.4 Å². The SMILES string of the molecule is O=C(NC1CC1)c1ccc2c(c1)CN(C(=O)c1ccn[nH]1)[C@H]2c1cnco1. The van der Waals surface area contributed by atoms with Crippen LogP contribution in [0.4, 0.5) is 0 Å². The molecule has 1 saturated carbocycles. The number of nitrogens with one attached hydrogen (secondary N) is 2. The summed E-state index contributed by atoms with van der Waals surface area (Å²) in [6.07, 6.45) is 6.58. The average Bonchev–Trinajstić information content (AvgIpc) is 3.14. The normalized spacial score (nSPS) is 18.4. The molecule has 3 aromatic rings. The first-order valence-corrected chi connectivity index (χ1v) is 8.83. The summed E-state index contributed by atoms with van der Waals surface area (Å²) in [5, 5.41) is 9.57. The predicted molar refractivity (Wildman–Crippen MR) is 93.7 cm³/mol. The molecule has 5 rings (SSSR count). The fraction of sp³-hybridized carbons (Fsp3) is 0.263. The molecule has 1 aromatic carbocycles. The molecule has 2 amide bonds. The monoisotopic (exact) mass is 363 g/mol. The van der Waals surface area contributed by atoms with Gasteiger partial charge in [0.05, 0.1) is 6.20 Å². The second kappa shape index (κ2) is 6.08. The Morgan fingerprint density at radius 1 is 1.26 bits per heavy atom. The lowest BCUT2D eigenvalue weighted by atomic mass is 10.0. The highest BCUT2D eigenvalue weighted by molar-refractivity contribution is 5.96. The number of hydrogen-bond donors (Lipinski definition) is 2. The highest BCUT2D eigenvalue weighted by atomic mass is 16.3. The lowest BCUT2D eigenvalue weighted by Gasteiger charge is -2.22. The largest absolute Gasteiger partial charge is 0.446 e. The molecule has 27 heavy (non-hydrogen) atoms. The fourth-order valence-electron chi connectivity index (χ4n) is 3.48. The third kappa shape index (κ3) is 2.79. The Hall–Kier alpha value is -3.42. The summed E-state index contributed by atoms with van der Waals surface area (Å²) in [7, 11) is 0. The van der Waals surface area contributed by atoms with Crippen molar-refractivity contribution in [1.29, 1.82) is 0 Å². The van der Waals surface area contributed by atoms with Crippen molar-refractivity contribution in [2.45, 2.75) is 31.5 Å². The molecule has 0 radical (unpaired) electrons. The van der Waals surface area contributed by atoms with E-state index in [4.69, 9.17) is 4.42 Å². The van der Waals surface area contributed by atoms with Crippen LogP contribution >= 0.6 is 0 Å². The number of nitrogens with zero attached hydrogens (tertiary/aromatic N) is 3. The molecule has 0 bridgehead atoms. The molecule has 1 aliphatic heterocycles. The number of oxazole rings is 1. The van der Waals surface area contributed by atoms with Crippen LogP contribution in [0.3, 0.4) is 0 Å². The Morgan fingerprint density at radius 2 is 2.15 bits per heavy atom. The van der Waals surface area contributed by atoms with Crippen LogP contribution < -0.4 is 5.32 Å². The quantitative estimate of drug-likeness (QED) is 0.738. The first kappa shape index (κ1) is 15.8. The molecule has 0 spiro atoms. The standard InChI is InChI=1S/C19H17N5O3/c25-18(22-13-2-3-13)11-1-4-14-12(7-11)9-24(17(14)16-8-20-10-27-16)19(26)15-5-6-21-23-15/h1,4-8,10,13,17H,2-3,9H2,(H,21,23)(H,22,25)/t17-/m1/s1. The summed E-state index contributed by atoms with van der Waals surface area (Å²) in [6.45, 7) is 0.378. The van der Waals surface area contributed by atoms with Crippen molar-refractivity contribution >= 4 is 11.8 Å². The Morgan fingerprint density at radius 3 is 2.85 bits per heavy atom. The van der Waals surface area contributed by atoms with Gasteiger partial charge in [-0.3, -0.25) is 14.7 Å². The van der Waals surface area contributed by atoms with Gasteiger partial charge in [-0.1, -0.05) is 6.07 Å². The zero-order valence-corrected chi connectivity index (χ0v) is 14.4. The number of H-pyrrole nitrogens is 1. The summed E-state index contributed by atoms with van der Waals surface area (Å²) < 4.78 is 5.50. The Kier molecular flexibility index (Phi) is 3.56. The molecule has 2 aliphatic rings. The number of aromatic amines is 1. The van der Waals surface area contributed by atoms with Crippen LogP contribution in [0.1, 0.15) is 56.6 Å². The molecule has 8 heteroatoms. The molecule has 8 nitrogen and oxygen atoms in total. The van der Waals surface area contributed by atoms with Crippen LogP contribution in [-0.4, -0.2) is 37.9 Å². The van der Waals surface area contributed by atoms with Crippen molar-refractivity contribution in [2.24, 2.45) is 0 Å². The minimum absolute atomic E-state index is 0.0742. The molecule has 3 heterocycles. The fourth-order valence-corrected chi connectivity index (χ4v) is 3.48. The summed E-state index contributed by atoms with van der Waals surface area (Å²) in [5.41, 5.74) is 2.86. The van der Waals surface area contributed by atoms with E-state index in [1.165, 1.54) is 6.39 Å². The van der Waals surface area contributed by atoms with Crippen LogP contribution in [0.25, 0.3) is 0 Å². The summed E-state index contributed by atoms with van der Waals surface area (Å²) in [5.74, 6) is 0.320. The molecular weight excluding hydrogens is 346 g/mol. The first-order valence-electron chi connectivity index (χ1n) is 8.83. The van der Waals surface area contributed by atoms with Gasteiger partial charge in [0.25, 0.3) is 11.8 Å². The number of fused-ring (bicyclic) bond motifs is 1. The van der Waals surface area contributed by atoms with Crippen LogP contribution in [0.2, 0.25) is 0 Å². The summed E-state index contributed by atoms with van der Waals surface area (Å²) >= 11 is 0. The van der Waals surface area contributed by atoms with Crippen LogP contribution in [0.5, 0.6) is 0 Å². The van der Waals surface area contributed by atoms with Crippen molar-refractivity contribution in [3.8, 4) is 0 Å². The van der Waals surface area contributed by atoms with E-state index in [0.29, 0.717) is 29.6 Å². The van der Waals surface area contributed by atoms with Gasteiger partial charge in [0.2, 0.25) is 0 Å². The first-order chi connectivity index (χ1) is 13.2. The molecule has 1 fully saturated rings. The minimum atomic E-state index is -0.390. The maximum absolute atomic E-state index is 13.0. The van der Waals surface area contributed by atoms with Gasteiger partial charge < -0.3 is 14.6 Å². The number of carbonyl (C=O) groups excluding carboxylic acids is 2. The van der Waals surface area contributed by atoms with Gasteiger partial charge >= 0.3 is 0 Å². The van der Waals surface area contributed by atoms with E-state index in [9.17, 15) is 9.59 Å². The van der Waals surface area contributed by atoms with E-state index in [2.05, 4.69) is 20.5 Å². The van der Waals surface area contributed by atoms with E-state index in [1.807, 2.05) is 12.1 Å². The van der Waals surface area contributed by atoms with Crippen molar-refractivity contribution in [2.75, 3.05) is 0 Å². The lowest BCUT2D eigenvalue weighted by molar-refractivity contribution is 0.0697. The topological polar surface area (TPSA) is 104 Å². The number of benzene rings is 1. The third-order valence-electron chi connectivity index (χ3n) is 4.98. The maximum Gasteiger partial charge on any atom is 0.273 e. The van der Waals surface area contributed by atoms with Gasteiger partial charge in [-0.05, 0) is 42.2 Å². The average molecular weight is 363 g/mol. The molecule has 1 aliphatic carbocycles. The van der Waals surface area contributed by atoms with E-state index in [-0.39, 0.29) is 17.9 Å². The maximum atomic E-state index is 13.0. The number of rotatable bonds is 4. The molecule has 2 aromatic heterocycles. The number of hydrogen-bond acceptors (Lipinski definition) is 5. The molecule has 0 unspecified atom stereocenters. The third-order valence-corrected chi connectivity index (χ3v) is 4.98. The van der Waals surface area contributed by atoms with Crippen LogP contribution in [0, 0.1) is 0 Å². The van der Waals surface area contributed by atoms with E-state index in [1.54, 1.807) is 29.4 Å². The number of amides is 2. The van der Waals surface area contributed by atoms with E-state index >= 15 is 0 Å². The van der Waals surface area contributed by atoms with Crippen molar-refractivity contribution in [3.05, 3.63) is 71.2 Å². The molecule has 1 atom stereocenters. The second-order valence-electron chi connectivity index (χ2n) is 6.87. The van der Waals surface area contributed by atoms with Gasteiger partial charge in [-0.25, -0.2) is 4.98 Å². The minimum Gasteiger partial charge on any atom is -0.446 e. The molecule has 2 N–H and O–H groups in total. The zero-order valence-electron chi connectivity index (χ0n) is 14.4. The van der Waals surface area contributed by atoms with Crippen LogP contribution in [0.15, 0.2) is 47.5 Å². The zero-order chi connectivity index (χ0) is 18.4. The summed E-state index contributed by atoms with van der Waals surface area (Å²) in [6, 6.07) is 7.09. The molecular formula is C19H17N5O3. The highest BCUT2D eigenvalue weighted by Gasteiger charge is 2.38. The lowest BCUT2D eigenvalue weighted by Crippen LogP contribution is -2.30. The van der Waals surface area contributed by atoms with Gasteiger partial charge in [-0.2, -0.15) is 5.10 Å². The number of aromatic nitrogens is 3. The number of carbonyl (C=O) groups is 2. The van der Waals surface area contributed by atoms with Gasteiger partial charge in [0.15, 0.2) is 12.2 Å². The summed E-state index contributed by atoms with van der Waals surface area (Å²) in [4.78, 5) is 31.0. The Balaban J connectivity index is 1.51. The van der Waals surface area contributed by atoms with Gasteiger partial charge in [0, 0.05) is 24.3 Å². The Bertz CT molecular complexity index is 993.